The smallest absolute Gasteiger partial charge is 0.195 e. The molecule has 25 heavy (non-hydrogen) atoms. The van der Waals surface area contributed by atoms with Gasteiger partial charge in [0.2, 0.25) is 0 Å². The van der Waals surface area contributed by atoms with Crippen LogP contribution in [0.25, 0.3) is 10.8 Å². The van der Waals surface area contributed by atoms with Crippen molar-refractivity contribution >= 4 is 10.8 Å². The molecule has 3 rings (SSSR count). The zero-order valence-corrected chi connectivity index (χ0v) is 13.3. The van der Waals surface area contributed by atoms with Crippen molar-refractivity contribution in [2.75, 3.05) is 6.61 Å². The second-order valence-electron chi connectivity index (χ2n) is 5.34. The van der Waals surface area contributed by atoms with E-state index in [1.165, 1.54) is 30.3 Å². The molecule has 0 unspecified atom stereocenters. The summed E-state index contributed by atoms with van der Waals surface area (Å²) in [5, 5.41) is 0.0968. The van der Waals surface area contributed by atoms with Crippen LogP contribution in [0.5, 0.6) is 11.5 Å². The van der Waals surface area contributed by atoms with E-state index in [1.807, 2.05) is 0 Å². The van der Waals surface area contributed by atoms with Gasteiger partial charge in [-0.05, 0) is 48.7 Å². The number of hydrogen-bond acceptors (Lipinski definition) is 2. The van der Waals surface area contributed by atoms with Crippen LogP contribution in [0.2, 0.25) is 0 Å². The van der Waals surface area contributed by atoms with Gasteiger partial charge in [-0.3, -0.25) is 0 Å². The average Bonchev–Trinajstić information content (AvgIpc) is 2.59. The van der Waals surface area contributed by atoms with E-state index in [2.05, 4.69) is 0 Å². The molecule has 0 aliphatic heterocycles. The van der Waals surface area contributed by atoms with E-state index in [9.17, 15) is 17.6 Å². The average molecular weight is 350 g/mol. The fraction of sp³-hybridized carbons (Fsp3) is 0.158. The molecular weight excluding hydrogens is 336 g/mol. The van der Waals surface area contributed by atoms with Crippen LogP contribution < -0.4 is 9.47 Å². The maximum atomic E-state index is 14.0. The van der Waals surface area contributed by atoms with Crippen LogP contribution in [0.1, 0.15) is 12.5 Å². The largest absolute Gasteiger partial charge is 0.494 e. The Kier molecular flexibility index (Phi) is 4.79. The van der Waals surface area contributed by atoms with Crippen LogP contribution in [0.4, 0.5) is 17.6 Å². The summed E-state index contributed by atoms with van der Waals surface area (Å²) in [4.78, 5) is 0. The minimum atomic E-state index is -1.52. The Hall–Kier alpha value is -2.76. The molecule has 6 heteroatoms. The Balaban J connectivity index is 1.81. The molecule has 0 radical (unpaired) electrons. The molecule has 0 saturated heterocycles. The number of fused-ring (bicyclic) bond motifs is 1. The van der Waals surface area contributed by atoms with Gasteiger partial charge in [0.15, 0.2) is 17.5 Å². The number of halogens is 4. The quantitative estimate of drug-likeness (QED) is 0.455. The molecule has 0 bridgehead atoms. The molecule has 3 aromatic rings. The molecule has 0 atom stereocenters. The highest BCUT2D eigenvalue weighted by atomic mass is 19.2. The van der Waals surface area contributed by atoms with Crippen molar-refractivity contribution in [3.8, 4) is 11.5 Å². The van der Waals surface area contributed by atoms with Crippen LogP contribution >= 0.6 is 0 Å². The first-order chi connectivity index (χ1) is 12.0. The topological polar surface area (TPSA) is 18.5 Å². The summed E-state index contributed by atoms with van der Waals surface area (Å²) in [6.45, 7) is 2.15. The highest BCUT2D eigenvalue weighted by molar-refractivity contribution is 5.84. The molecule has 0 heterocycles. The normalized spacial score (nSPS) is 10.9. The number of hydrogen-bond donors (Lipinski definition) is 0. The molecule has 0 aliphatic carbocycles. The molecule has 0 amide bonds. The lowest BCUT2D eigenvalue weighted by Crippen LogP contribution is -2.00. The summed E-state index contributed by atoms with van der Waals surface area (Å²) < 4.78 is 64.9. The molecule has 0 N–H and O–H groups in total. The fourth-order valence-corrected chi connectivity index (χ4v) is 2.44. The third-order valence-electron chi connectivity index (χ3n) is 3.67. The lowest BCUT2D eigenvalue weighted by molar-refractivity contribution is 0.298. The van der Waals surface area contributed by atoms with E-state index < -0.39 is 23.3 Å². The van der Waals surface area contributed by atoms with E-state index in [1.54, 1.807) is 13.0 Å². The first-order valence-electron chi connectivity index (χ1n) is 7.61. The molecule has 0 aliphatic rings. The van der Waals surface area contributed by atoms with Crippen LogP contribution in [-0.4, -0.2) is 6.61 Å². The first-order valence-corrected chi connectivity index (χ1v) is 7.61. The van der Waals surface area contributed by atoms with Crippen molar-refractivity contribution < 1.29 is 27.0 Å². The van der Waals surface area contributed by atoms with Crippen molar-refractivity contribution in [3.05, 3.63) is 71.3 Å². The van der Waals surface area contributed by atoms with E-state index in [0.717, 1.165) is 6.07 Å². The Morgan fingerprint density at radius 3 is 2.20 bits per heavy atom. The highest BCUT2D eigenvalue weighted by Gasteiger charge is 2.14. The van der Waals surface area contributed by atoms with Gasteiger partial charge in [0.05, 0.1) is 6.61 Å². The van der Waals surface area contributed by atoms with Gasteiger partial charge in [0.25, 0.3) is 0 Å². The lowest BCUT2D eigenvalue weighted by Gasteiger charge is -2.10. The zero-order chi connectivity index (χ0) is 18.0. The van der Waals surface area contributed by atoms with Crippen molar-refractivity contribution in [1.29, 1.82) is 0 Å². The van der Waals surface area contributed by atoms with E-state index in [4.69, 9.17) is 9.47 Å². The molecule has 3 aromatic carbocycles. The van der Waals surface area contributed by atoms with Gasteiger partial charge in [-0.25, -0.2) is 17.6 Å². The number of ether oxygens (including phenoxy) is 2. The highest BCUT2D eigenvalue weighted by Crippen LogP contribution is 2.27. The SMILES string of the molecule is CCOc1ccc(COc2ccc3c(F)c(F)c(F)cc3c2)c(F)c1. The molecule has 0 aromatic heterocycles. The second-order valence-corrected chi connectivity index (χ2v) is 5.34. The monoisotopic (exact) mass is 350 g/mol. The van der Waals surface area contributed by atoms with Crippen molar-refractivity contribution in [3.63, 3.8) is 0 Å². The summed E-state index contributed by atoms with van der Waals surface area (Å²) in [5.74, 6) is -3.82. The minimum absolute atomic E-state index is 0.0569. The fourth-order valence-electron chi connectivity index (χ4n) is 2.44. The van der Waals surface area contributed by atoms with Gasteiger partial charge >= 0.3 is 0 Å². The predicted octanol–water partition coefficient (Wildman–Crippen LogP) is 5.37. The summed E-state index contributed by atoms with van der Waals surface area (Å²) in [7, 11) is 0. The zero-order valence-electron chi connectivity index (χ0n) is 13.3. The van der Waals surface area contributed by atoms with Crippen LogP contribution in [0.3, 0.4) is 0 Å². The maximum Gasteiger partial charge on any atom is 0.195 e. The summed E-state index contributed by atoms with van der Waals surface area (Å²) >= 11 is 0. The number of rotatable bonds is 5. The summed E-state index contributed by atoms with van der Waals surface area (Å²) in [6.07, 6.45) is 0. The first kappa shape index (κ1) is 17.1. The molecule has 0 fully saturated rings. The van der Waals surface area contributed by atoms with Gasteiger partial charge in [0, 0.05) is 17.0 Å². The third-order valence-corrected chi connectivity index (χ3v) is 3.67. The molecule has 0 spiro atoms. The van der Waals surface area contributed by atoms with Crippen LogP contribution in [0, 0.1) is 23.3 Å². The predicted molar refractivity (Wildman–Crippen MR) is 85.7 cm³/mol. The Morgan fingerprint density at radius 2 is 1.48 bits per heavy atom. The third kappa shape index (κ3) is 3.52. The summed E-state index contributed by atoms with van der Waals surface area (Å²) in [5.41, 5.74) is 0.306. The minimum Gasteiger partial charge on any atom is -0.494 e. The summed E-state index contributed by atoms with van der Waals surface area (Å²) in [6, 6.07) is 9.38. The van der Waals surface area contributed by atoms with Gasteiger partial charge in [-0.1, -0.05) is 0 Å². The van der Waals surface area contributed by atoms with E-state index in [0.29, 0.717) is 17.9 Å². The lowest BCUT2D eigenvalue weighted by atomic mass is 10.1. The van der Waals surface area contributed by atoms with Crippen LogP contribution in [0.15, 0.2) is 42.5 Å². The Bertz CT molecular complexity index is 925. The van der Waals surface area contributed by atoms with Crippen LogP contribution in [-0.2, 0) is 6.61 Å². The molecule has 0 saturated carbocycles. The number of benzene rings is 3. The van der Waals surface area contributed by atoms with Crippen molar-refractivity contribution in [1.82, 2.24) is 0 Å². The van der Waals surface area contributed by atoms with Gasteiger partial charge in [-0.2, -0.15) is 0 Å². The van der Waals surface area contributed by atoms with E-state index in [-0.39, 0.29) is 23.1 Å². The molecule has 2 nitrogen and oxygen atoms in total. The molecular formula is C19H14F4O2. The van der Waals surface area contributed by atoms with Crippen molar-refractivity contribution in [2.24, 2.45) is 0 Å². The Morgan fingerprint density at radius 1 is 0.760 bits per heavy atom. The van der Waals surface area contributed by atoms with Gasteiger partial charge in [-0.15, -0.1) is 0 Å². The Labute approximate surface area is 141 Å². The second kappa shape index (κ2) is 7.01. The van der Waals surface area contributed by atoms with Gasteiger partial charge < -0.3 is 9.47 Å². The maximum absolute atomic E-state index is 14.0. The molecule has 130 valence electrons. The van der Waals surface area contributed by atoms with Gasteiger partial charge in [0.1, 0.15) is 23.9 Å². The van der Waals surface area contributed by atoms with Crippen molar-refractivity contribution in [2.45, 2.75) is 13.5 Å². The van der Waals surface area contributed by atoms with E-state index >= 15 is 0 Å². The standard InChI is InChI=1S/C19H14F4O2/c1-2-24-14-4-3-11(16(20)9-14)10-25-13-5-6-15-12(7-13)8-17(21)19(23)18(15)22/h3-9H,2,10H2,1H3.